The quantitative estimate of drug-likeness (QED) is 0.119. The smallest absolute Gasteiger partial charge is 0.380 e. The monoisotopic (exact) mass is 648 g/mol. The van der Waals surface area contributed by atoms with Crippen molar-refractivity contribution >= 4 is 23.0 Å². The molecule has 0 fully saturated rings. The molecule has 0 bridgehead atoms. The first kappa shape index (κ1) is 32.8. The first-order chi connectivity index (χ1) is 22.0. The fraction of sp³-hybridized carbons (Fsp3) is 0.135. The van der Waals surface area contributed by atoms with E-state index in [1.165, 1.54) is 0 Å². The highest BCUT2D eigenvalue weighted by molar-refractivity contribution is 7.87. The van der Waals surface area contributed by atoms with Crippen LogP contribution in [0.2, 0.25) is 0 Å². The van der Waals surface area contributed by atoms with Crippen LogP contribution in [0.25, 0.3) is 0 Å². The van der Waals surface area contributed by atoms with Gasteiger partial charge in [-0.3, -0.25) is 4.74 Å². The second-order valence-electron chi connectivity index (χ2n) is 10.8. The number of rotatable bonds is 10. The summed E-state index contributed by atoms with van der Waals surface area (Å²) in [7, 11) is -2.58. The van der Waals surface area contributed by atoms with Crippen molar-refractivity contribution in [2.24, 2.45) is 4.74 Å². The van der Waals surface area contributed by atoms with Crippen LogP contribution < -0.4 is 21.2 Å². The van der Waals surface area contributed by atoms with Gasteiger partial charge in [0.1, 0.15) is 0 Å². The van der Waals surface area contributed by atoms with Gasteiger partial charge < -0.3 is 5.32 Å². The van der Waals surface area contributed by atoms with Crippen LogP contribution >= 0.6 is 7.05 Å². The predicted molar refractivity (Wildman–Crippen MR) is 174 cm³/mol. The van der Waals surface area contributed by atoms with Crippen molar-refractivity contribution in [3.05, 3.63) is 174 Å². The molecule has 2 nitrogen and oxygen atoms in total. The Bertz CT molecular complexity index is 1670. The number of hydrogen-bond acceptors (Lipinski definition) is 2. The number of allylic oxidation sites excluding steroid dienone is 1. The van der Waals surface area contributed by atoms with E-state index in [-0.39, 0.29) is 30.3 Å². The van der Waals surface area contributed by atoms with Crippen molar-refractivity contribution < 1.29 is 26.3 Å². The maximum absolute atomic E-state index is 13.5. The molecular weight excluding hydrogens is 617 g/mol. The molecule has 0 amide bonds. The summed E-state index contributed by atoms with van der Waals surface area (Å²) in [5.41, 5.74) is -1.76. The summed E-state index contributed by atoms with van der Waals surface area (Å²) in [5.74, 6) is 0. The summed E-state index contributed by atoms with van der Waals surface area (Å²) in [6.07, 6.45) is -10.1. The van der Waals surface area contributed by atoms with Gasteiger partial charge in [0.2, 0.25) is 0 Å². The van der Waals surface area contributed by atoms with E-state index in [2.05, 4.69) is 48.3 Å². The van der Waals surface area contributed by atoms with Gasteiger partial charge >= 0.3 is 12.4 Å². The van der Waals surface area contributed by atoms with Crippen LogP contribution in [-0.4, -0.2) is 6.54 Å². The maximum Gasteiger partial charge on any atom is 0.416 e. The fourth-order valence-corrected chi connectivity index (χ4v) is 9.02. The van der Waals surface area contributed by atoms with E-state index >= 15 is 0 Å². The highest BCUT2D eigenvalue weighted by Crippen LogP contribution is 2.47. The molecule has 236 valence electrons. The average Bonchev–Trinajstić information content (AvgIpc) is 3.05. The van der Waals surface area contributed by atoms with Gasteiger partial charge in [-0.2, -0.15) is 26.3 Å². The van der Waals surface area contributed by atoms with Gasteiger partial charge in [-0.15, -0.1) is 0 Å². The predicted octanol–water partition coefficient (Wildman–Crippen LogP) is 9.29. The highest BCUT2D eigenvalue weighted by atomic mass is 31.2. The van der Waals surface area contributed by atoms with Crippen LogP contribution in [0, 0.1) is 0 Å². The minimum Gasteiger partial charge on any atom is -0.380 e. The van der Waals surface area contributed by atoms with E-state index < -0.39 is 36.6 Å². The molecule has 1 N–H and O–H groups in total. The van der Waals surface area contributed by atoms with Crippen LogP contribution in [0.5, 0.6) is 0 Å². The molecule has 0 aliphatic carbocycles. The van der Waals surface area contributed by atoms with Crippen LogP contribution in [0.15, 0.2) is 157 Å². The molecule has 5 aromatic rings. The van der Waals surface area contributed by atoms with Crippen LogP contribution in [0.4, 0.5) is 26.3 Å². The van der Waals surface area contributed by atoms with Crippen LogP contribution in [0.1, 0.15) is 28.3 Å². The number of hydrogen-bond donors (Lipinski definition) is 1. The van der Waals surface area contributed by atoms with Gasteiger partial charge in [0, 0.05) is 28.0 Å². The summed E-state index contributed by atoms with van der Waals surface area (Å²) >= 11 is 0. The lowest BCUT2D eigenvalue weighted by atomic mass is 10.0. The first-order valence-electron chi connectivity index (χ1n) is 14.5. The van der Waals surface area contributed by atoms with Crippen molar-refractivity contribution in [3.8, 4) is 0 Å². The minimum absolute atomic E-state index is 0.130. The molecule has 0 aliphatic rings. The van der Waals surface area contributed by atoms with Crippen molar-refractivity contribution in [3.63, 3.8) is 0 Å². The molecule has 0 spiro atoms. The number of benzene rings is 5. The van der Waals surface area contributed by atoms with E-state index in [1.54, 1.807) is 0 Å². The number of alkyl halides is 6. The Kier molecular flexibility index (Phi) is 9.88. The van der Waals surface area contributed by atoms with Gasteiger partial charge in [-0.05, 0) is 29.3 Å². The van der Waals surface area contributed by atoms with Crippen molar-refractivity contribution in [2.75, 3.05) is 6.54 Å². The van der Waals surface area contributed by atoms with Crippen molar-refractivity contribution in [1.82, 2.24) is 5.32 Å². The molecule has 0 aromatic heterocycles. The third kappa shape index (κ3) is 7.63. The van der Waals surface area contributed by atoms with Gasteiger partial charge in [-0.1, -0.05) is 128 Å². The summed E-state index contributed by atoms with van der Waals surface area (Å²) in [6, 6.07) is 40.6. The molecule has 0 saturated heterocycles. The van der Waals surface area contributed by atoms with Crippen LogP contribution in [-0.2, 0) is 18.8 Å². The zero-order valence-electron chi connectivity index (χ0n) is 24.6. The summed E-state index contributed by atoms with van der Waals surface area (Å²) in [6.45, 7) is 4.25. The molecule has 0 heterocycles. The van der Waals surface area contributed by atoms with E-state index in [4.69, 9.17) is 4.74 Å². The Labute approximate surface area is 264 Å². The summed E-state index contributed by atoms with van der Waals surface area (Å²) in [4.78, 5) is 0. The maximum atomic E-state index is 13.5. The van der Waals surface area contributed by atoms with E-state index in [1.807, 2.05) is 84.9 Å². The largest absolute Gasteiger partial charge is 0.416 e. The third-order valence-corrected chi connectivity index (χ3v) is 11.2. The average molecular weight is 649 g/mol. The molecule has 5 rings (SSSR count). The Morgan fingerprint density at radius 2 is 1.00 bits per heavy atom. The van der Waals surface area contributed by atoms with E-state index in [9.17, 15) is 26.3 Å². The van der Waals surface area contributed by atoms with E-state index in [0.29, 0.717) is 0 Å². The lowest BCUT2D eigenvalue weighted by molar-refractivity contribution is -0.143. The normalized spacial score (nSPS) is 12.7. The number of halogens is 6. The van der Waals surface area contributed by atoms with Crippen LogP contribution in [0.3, 0.4) is 0 Å². The standard InChI is InChI=1S/C37H31F6N2P/c1-27(22-28-23-30(36(38,39)40)25-31(24-28)37(41,42)43)45-35(29-14-6-2-7-15-29)26-44-46(32-16-8-3-9-17-32,33-18-10-4-11-19-33)34-20-12-5-13-21-34/h2-21,23-25,35,45H,1,22,26H2/t35-/m0/s1. The fourth-order valence-electron chi connectivity index (χ4n) is 5.41. The lowest BCUT2D eigenvalue weighted by Crippen LogP contribution is -2.28. The summed E-state index contributed by atoms with van der Waals surface area (Å²) < 4.78 is 86.6. The first-order valence-corrected chi connectivity index (χ1v) is 16.2. The lowest BCUT2D eigenvalue weighted by Gasteiger charge is -2.29. The Morgan fingerprint density at radius 1 is 0.609 bits per heavy atom. The molecule has 0 aliphatic heterocycles. The second kappa shape index (κ2) is 13.8. The molecule has 0 radical (unpaired) electrons. The molecule has 1 atom stereocenters. The SMILES string of the molecule is C=C(Cc1cc(C(F)(F)F)cc(C(F)(F)F)c1)N[C@@H](CN=P(c1ccccc1)(c1ccccc1)c1ccccc1)c1ccccc1. The Hall–Kier alpha value is -4.55. The molecule has 46 heavy (non-hydrogen) atoms. The minimum atomic E-state index is -4.93. The van der Waals surface area contributed by atoms with Gasteiger partial charge in [-0.25, -0.2) is 0 Å². The Morgan fingerprint density at radius 3 is 1.39 bits per heavy atom. The third-order valence-electron chi connectivity index (χ3n) is 7.51. The topological polar surface area (TPSA) is 24.4 Å². The second-order valence-corrected chi connectivity index (χ2v) is 13.9. The zero-order chi connectivity index (χ0) is 32.8. The molecule has 0 unspecified atom stereocenters. The number of nitrogens with one attached hydrogen (secondary N) is 1. The van der Waals surface area contributed by atoms with E-state index in [0.717, 1.165) is 33.6 Å². The molecule has 5 aromatic carbocycles. The number of nitrogens with zero attached hydrogens (tertiary/aromatic N) is 1. The molecular formula is C37H31F6N2P. The van der Waals surface area contributed by atoms with Gasteiger partial charge in [0.25, 0.3) is 0 Å². The summed E-state index contributed by atoms with van der Waals surface area (Å²) in [5, 5.41) is 6.42. The molecule has 0 saturated carbocycles. The van der Waals surface area contributed by atoms with Gasteiger partial charge in [0.15, 0.2) is 0 Å². The Balaban J connectivity index is 1.57. The van der Waals surface area contributed by atoms with Crippen molar-refractivity contribution in [1.29, 1.82) is 0 Å². The van der Waals surface area contributed by atoms with Gasteiger partial charge in [0.05, 0.1) is 30.8 Å². The highest BCUT2D eigenvalue weighted by Gasteiger charge is 2.37. The van der Waals surface area contributed by atoms with Crippen molar-refractivity contribution in [2.45, 2.75) is 24.8 Å². The zero-order valence-corrected chi connectivity index (χ0v) is 25.5. The molecule has 9 heteroatoms.